The molecule has 1 aromatic carbocycles. The molecule has 2 heteroatoms. The Morgan fingerprint density at radius 3 is 2.47 bits per heavy atom. The summed E-state index contributed by atoms with van der Waals surface area (Å²) in [5.74, 6) is 1.51. The van der Waals surface area contributed by atoms with Crippen LogP contribution in [0.15, 0.2) is 12.1 Å². The number of methoxy groups -OCH3 is 1. The van der Waals surface area contributed by atoms with Gasteiger partial charge in [0.2, 0.25) is 0 Å². The van der Waals surface area contributed by atoms with Gasteiger partial charge < -0.3 is 10.5 Å². The quantitative estimate of drug-likeness (QED) is 0.823. The van der Waals surface area contributed by atoms with Gasteiger partial charge >= 0.3 is 0 Å². The Morgan fingerprint density at radius 1 is 1.33 bits per heavy atom. The van der Waals surface area contributed by atoms with Gasteiger partial charge in [-0.2, -0.15) is 0 Å². The van der Waals surface area contributed by atoms with Crippen molar-refractivity contribution in [3.63, 3.8) is 0 Å². The van der Waals surface area contributed by atoms with Gasteiger partial charge in [0.1, 0.15) is 5.75 Å². The lowest BCUT2D eigenvalue weighted by molar-refractivity contribution is 0.409. The van der Waals surface area contributed by atoms with Crippen molar-refractivity contribution in [1.29, 1.82) is 0 Å². The van der Waals surface area contributed by atoms with Crippen LogP contribution >= 0.6 is 0 Å². The molecule has 2 nitrogen and oxygen atoms in total. The Bertz CT molecular complexity index is 332. The van der Waals surface area contributed by atoms with Gasteiger partial charge in [0.15, 0.2) is 0 Å². The van der Waals surface area contributed by atoms with Crippen LogP contribution in [0.1, 0.15) is 36.5 Å². The minimum Gasteiger partial charge on any atom is -0.496 e. The minimum atomic E-state index is 0.549. The number of benzene rings is 1. The second-order valence-electron chi connectivity index (χ2n) is 4.21. The third-order valence-electron chi connectivity index (χ3n) is 2.70. The van der Waals surface area contributed by atoms with Crippen molar-refractivity contribution in [3.8, 4) is 5.75 Å². The van der Waals surface area contributed by atoms with Crippen molar-refractivity contribution in [2.75, 3.05) is 13.7 Å². The highest BCUT2D eigenvalue weighted by Crippen LogP contribution is 2.28. The molecule has 1 rings (SSSR count). The average Bonchev–Trinajstić information content (AvgIpc) is 2.20. The Balaban J connectivity index is 3.17. The fourth-order valence-corrected chi connectivity index (χ4v) is 1.91. The first-order chi connectivity index (χ1) is 7.10. The average molecular weight is 207 g/mol. The maximum absolute atomic E-state index is 5.59. The number of hydrogen-bond acceptors (Lipinski definition) is 2. The van der Waals surface area contributed by atoms with Gasteiger partial charge in [-0.25, -0.2) is 0 Å². The van der Waals surface area contributed by atoms with E-state index in [4.69, 9.17) is 10.5 Å². The van der Waals surface area contributed by atoms with Crippen molar-refractivity contribution in [1.82, 2.24) is 0 Å². The number of nitrogens with two attached hydrogens (primary N) is 1. The van der Waals surface area contributed by atoms with Crippen molar-refractivity contribution in [2.45, 2.75) is 33.1 Å². The third-order valence-corrected chi connectivity index (χ3v) is 2.70. The predicted octanol–water partition coefficient (Wildman–Crippen LogP) is 2.63. The number of ether oxygens (including phenoxy) is 1. The van der Waals surface area contributed by atoms with Crippen LogP contribution < -0.4 is 10.5 Å². The Morgan fingerprint density at radius 2 is 2.00 bits per heavy atom. The van der Waals surface area contributed by atoms with E-state index in [9.17, 15) is 0 Å². The second kappa shape index (κ2) is 5.17. The van der Waals surface area contributed by atoms with E-state index < -0.39 is 0 Å². The molecule has 0 aliphatic heterocycles. The molecule has 0 fully saturated rings. The van der Waals surface area contributed by atoms with Gasteiger partial charge in [-0.3, -0.25) is 0 Å². The molecule has 0 saturated carbocycles. The normalized spacial score (nSPS) is 10.8. The first-order valence-corrected chi connectivity index (χ1v) is 5.47. The van der Waals surface area contributed by atoms with Crippen LogP contribution in [0.4, 0.5) is 0 Å². The van der Waals surface area contributed by atoms with Crippen molar-refractivity contribution in [3.05, 3.63) is 28.8 Å². The molecule has 1 aromatic rings. The summed E-state index contributed by atoms with van der Waals surface area (Å²) < 4.78 is 5.36. The van der Waals surface area contributed by atoms with Gasteiger partial charge in [0, 0.05) is 0 Å². The first kappa shape index (κ1) is 12.1. The summed E-state index contributed by atoms with van der Waals surface area (Å²) in [5.41, 5.74) is 9.49. The molecule has 0 amide bonds. The summed E-state index contributed by atoms with van der Waals surface area (Å²) in [6.45, 7) is 7.21. The summed E-state index contributed by atoms with van der Waals surface area (Å²) in [6, 6.07) is 4.34. The van der Waals surface area contributed by atoms with E-state index in [1.807, 2.05) is 0 Å². The molecule has 0 spiro atoms. The summed E-state index contributed by atoms with van der Waals surface area (Å²) in [7, 11) is 1.71. The van der Waals surface area contributed by atoms with E-state index in [0.29, 0.717) is 12.5 Å². The van der Waals surface area contributed by atoms with E-state index in [1.165, 1.54) is 16.7 Å². The molecule has 0 bridgehead atoms. The van der Waals surface area contributed by atoms with Crippen LogP contribution in [0.5, 0.6) is 5.75 Å². The Kier molecular flexibility index (Phi) is 4.15. The highest BCUT2D eigenvalue weighted by atomic mass is 16.5. The number of rotatable bonds is 4. The fraction of sp³-hybridized carbons (Fsp3) is 0.538. The summed E-state index contributed by atoms with van der Waals surface area (Å²) >= 11 is 0. The molecule has 84 valence electrons. The third kappa shape index (κ3) is 2.72. The monoisotopic (exact) mass is 207 g/mol. The van der Waals surface area contributed by atoms with Gasteiger partial charge in [0.25, 0.3) is 0 Å². The number of aryl methyl sites for hydroxylation is 1. The zero-order valence-electron chi connectivity index (χ0n) is 10.1. The van der Waals surface area contributed by atoms with Gasteiger partial charge in [-0.05, 0) is 48.6 Å². The lowest BCUT2D eigenvalue weighted by Crippen LogP contribution is -2.06. The zero-order valence-corrected chi connectivity index (χ0v) is 10.1. The molecule has 0 aromatic heterocycles. The van der Waals surface area contributed by atoms with Gasteiger partial charge in [0.05, 0.1) is 7.11 Å². The predicted molar refractivity (Wildman–Crippen MR) is 64.6 cm³/mol. The largest absolute Gasteiger partial charge is 0.496 e. The van der Waals surface area contributed by atoms with Crippen LogP contribution in [-0.2, 0) is 6.42 Å². The first-order valence-electron chi connectivity index (χ1n) is 5.47. The molecule has 15 heavy (non-hydrogen) atoms. The molecular weight excluding hydrogens is 186 g/mol. The molecule has 0 aliphatic carbocycles. The molecular formula is C13H21NO. The van der Waals surface area contributed by atoms with Crippen LogP contribution in [0.2, 0.25) is 0 Å². The van der Waals surface area contributed by atoms with Crippen LogP contribution in [0.3, 0.4) is 0 Å². The van der Waals surface area contributed by atoms with Crippen molar-refractivity contribution in [2.24, 2.45) is 5.73 Å². The maximum Gasteiger partial charge on any atom is 0.122 e. The Hall–Kier alpha value is -1.02. The molecule has 0 atom stereocenters. The minimum absolute atomic E-state index is 0.549. The maximum atomic E-state index is 5.59. The summed E-state index contributed by atoms with van der Waals surface area (Å²) in [4.78, 5) is 0. The molecule has 0 aliphatic rings. The Labute approximate surface area is 92.4 Å². The molecule has 0 radical (unpaired) electrons. The SMILES string of the molecule is COc1cc(C)c(C(C)C)cc1CCN. The smallest absolute Gasteiger partial charge is 0.122 e. The van der Waals surface area contributed by atoms with E-state index >= 15 is 0 Å². The highest BCUT2D eigenvalue weighted by Gasteiger charge is 2.09. The standard InChI is InChI=1S/C13H21NO/c1-9(2)12-8-11(5-6-14)13(15-4)7-10(12)3/h7-9H,5-6,14H2,1-4H3. The van der Waals surface area contributed by atoms with Crippen LogP contribution in [0.25, 0.3) is 0 Å². The van der Waals surface area contributed by atoms with Gasteiger partial charge in [-0.15, -0.1) is 0 Å². The van der Waals surface area contributed by atoms with Crippen LogP contribution in [-0.4, -0.2) is 13.7 Å². The molecule has 0 saturated heterocycles. The van der Waals surface area contributed by atoms with Gasteiger partial charge in [-0.1, -0.05) is 19.9 Å². The second-order valence-corrected chi connectivity index (χ2v) is 4.21. The van der Waals surface area contributed by atoms with E-state index in [2.05, 4.69) is 32.9 Å². The van der Waals surface area contributed by atoms with E-state index in [-0.39, 0.29) is 0 Å². The van der Waals surface area contributed by atoms with E-state index in [1.54, 1.807) is 7.11 Å². The van der Waals surface area contributed by atoms with Crippen LogP contribution in [0, 0.1) is 6.92 Å². The summed E-state index contributed by atoms with van der Waals surface area (Å²) in [5, 5.41) is 0. The fourth-order valence-electron chi connectivity index (χ4n) is 1.91. The van der Waals surface area contributed by atoms with Crippen molar-refractivity contribution >= 4 is 0 Å². The zero-order chi connectivity index (χ0) is 11.4. The number of hydrogen-bond donors (Lipinski definition) is 1. The molecule has 0 unspecified atom stereocenters. The lowest BCUT2D eigenvalue weighted by Gasteiger charge is -2.15. The molecule has 2 N–H and O–H groups in total. The van der Waals surface area contributed by atoms with Crippen molar-refractivity contribution < 1.29 is 4.74 Å². The lowest BCUT2D eigenvalue weighted by atomic mass is 9.94. The highest BCUT2D eigenvalue weighted by molar-refractivity contribution is 5.43. The van der Waals surface area contributed by atoms with E-state index in [0.717, 1.165) is 12.2 Å². The topological polar surface area (TPSA) is 35.2 Å². The molecule has 0 heterocycles. The summed E-state index contributed by atoms with van der Waals surface area (Å²) in [6.07, 6.45) is 0.878.